The van der Waals surface area contributed by atoms with Gasteiger partial charge in [0.15, 0.2) is 6.61 Å². The zero-order valence-electron chi connectivity index (χ0n) is 15.9. The molecule has 1 N–H and O–H groups in total. The van der Waals surface area contributed by atoms with Crippen molar-refractivity contribution in [3.63, 3.8) is 0 Å². The van der Waals surface area contributed by atoms with Gasteiger partial charge in [0.1, 0.15) is 11.5 Å². The van der Waals surface area contributed by atoms with E-state index in [0.717, 1.165) is 6.42 Å². The van der Waals surface area contributed by atoms with Gasteiger partial charge in [-0.3, -0.25) is 4.79 Å². The van der Waals surface area contributed by atoms with Gasteiger partial charge in [0.2, 0.25) is 0 Å². The minimum absolute atomic E-state index is 0.133. The van der Waals surface area contributed by atoms with Crippen molar-refractivity contribution in [3.8, 4) is 11.5 Å². The Labute approximate surface area is 159 Å². The number of para-hydroxylation sites is 2. The Balaban J connectivity index is 1.93. The highest BCUT2D eigenvalue weighted by atomic mass is 16.6. The van der Waals surface area contributed by atoms with Crippen LogP contribution in [0, 0.1) is 0 Å². The minimum atomic E-state index is -0.418. The molecule has 0 aliphatic carbocycles. The average molecular weight is 371 g/mol. The SMILES string of the molecule is CCOc1ccccc1NC(=O)c1ccc(OCC(=O)OC(C)CC)cc1. The minimum Gasteiger partial charge on any atom is -0.492 e. The predicted octanol–water partition coefficient (Wildman–Crippen LogP) is 4.06. The van der Waals surface area contributed by atoms with Crippen LogP contribution in [0.15, 0.2) is 48.5 Å². The summed E-state index contributed by atoms with van der Waals surface area (Å²) in [6.07, 6.45) is 0.619. The fourth-order valence-electron chi connectivity index (χ4n) is 2.23. The molecule has 0 fully saturated rings. The molecule has 2 aromatic carbocycles. The Morgan fingerprint density at radius 1 is 1.00 bits per heavy atom. The normalized spacial score (nSPS) is 11.4. The van der Waals surface area contributed by atoms with Crippen molar-refractivity contribution in [2.45, 2.75) is 33.3 Å². The third-order valence-electron chi connectivity index (χ3n) is 3.82. The number of esters is 1. The highest BCUT2D eigenvalue weighted by Gasteiger charge is 2.11. The van der Waals surface area contributed by atoms with Crippen molar-refractivity contribution in [2.24, 2.45) is 0 Å². The Morgan fingerprint density at radius 2 is 1.70 bits per heavy atom. The first kappa shape index (κ1) is 20.3. The van der Waals surface area contributed by atoms with E-state index in [0.29, 0.717) is 29.4 Å². The van der Waals surface area contributed by atoms with Gasteiger partial charge in [-0.2, -0.15) is 0 Å². The number of benzene rings is 2. The molecule has 144 valence electrons. The maximum atomic E-state index is 12.4. The lowest BCUT2D eigenvalue weighted by molar-refractivity contribution is -0.150. The second kappa shape index (κ2) is 10.2. The number of amides is 1. The molecule has 1 amide bonds. The number of anilines is 1. The average Bonchev–Trinajstić information content (AvgIpc) is 2.68. The summed E-state index contributed by atoms with van der Waals surface area (Å²) < 4.78 is 16.0. The van der Waals surface area contributed by atoms with Gasteiger partial charge in [0.25, 0.3) is 5.91 Å². The van der Waals surface area contributed by atoms with Crippen LogP contribution in [0.25, 0.3) is 0 Å². The van der Waals surface area contributed by atoms with Gasteiger partial charge in [-0.05, 0) is 56.7 Å². The standard InChI is InChI=1S/C21H25NO5/c1-4-15(3)27-20(23)14-26-17-12-10-16(11-13-17)21(24)22-18-8-6-7-9-19(18)25-5-2/h6-13,15H,4-5,14H2,1-3H3,(H,22,24). The van der Waals surface area contributed by atoms with Crippen LogP contribution in [0.1, 0.15) is 37.6 Å². The molecule has 0 aliphatic heterocycles. The zero-order chi connectivity index (χ0) is 19.6. The molecular weight excluding hydrogens is 346 g/mol. The van der Waals surface area contributed by atoms with E-state index in [1.54, 1.807) is 36.4 Å². The van der Waals surface area contributed by atoms with Crippen LogP contribution in [0.2, 0.25) is 0 Å². The zero-order valence-corrected chi connectivity index (χ0v) is 15.9. The fraction of sp³-hybridized carbons (Fsp3) is 0.333. The molecule has 0 bridgehead atoms. The lowest BCUT2D eigenvalue weighted by Gasteiger charge is -2.12. The summed E-state index contributed by atoms with van der Waals surface area (Å²) in [6, 6.07) is 13.8. The second-order valence-corrected chi connectivity index (χ2v) is 5.91. The lowest BCUT2D eigenvalue weighted by Crippen LogP contribution is -2.20. The van der Waals surface area contributed by atoms with Gasteiger partial charge in [0.05, 0.1) is 18.4 Å². The molecule has 2 aromatic rings. The molecular formula is C21H25NO5. The summed E-state index contributed by atoms with van der Waals surface area (Å²) >= 11 is 0. The monoisotopic (exact) mass is 371 g/mol. The molecule has 0 spiro atoms. The van der Waals surface area contributed by atoms with E-state index in [4.69, 9.17) is 14.2 Å². The summed E-state index contributed by atoms with van der Waals surface area (Å²) in [5, 5.41) is 2.83. The Bertz CT molecular complexity index is 757. The summed E-state index contributed by atoms with van der Waals surface area (Å²) in [5.41, 5.74) is 1.08. The van der Waals surface area contributed by atoms with E-state index < -0.39 is 5.97 Å². The van der Waals surface area contributed by atoms with E-state index in [-0.39, 0.29) is 18.6 Å². The maximum Gasteiger partial charge on any atom is 0.344 e. The number of rotatable bonds is 9. The smallest absolute Gasteiger partial charge is 0.344 e. The predicted molar refractivity (Wildman–Crippen MR) is 103 cm³/mol. The number of hydrogen-bond donors (Lipinski definition) is 1. The number of carbonyl (C=O) groups excluding carboxylic acids is 2. The first-order chi connectivity index (χ1) is 13.0. The van der Waals surface area contributed by atoms with E-state index in [1.165, 1.54) is 0 Å². The molecule has 0 saturated heterocycles. The highest BCUT2D eigenvalue weighted by molar-refractivity contribution is 6.05. The number of carbonyl (C=O) groups is 2. The van der Waals surface area contributed by atoms with Gasteiger partial charge in [-0.1, -0.05) is 19.1 Å². The van der Waals surface area contributed by atoms with Crippen LogP contribution in [0.3, 0.4) is 0 Å². The Hall–Kier alpha value is -3.02. The van der Waals surface area contributed by atoms with Crippen molar-refractivity contribution in [1.82, 2.24) is 0 Å². The van der Waals surface area contributed by atoms with Crippen LogP contribution in [0.5, 0.6) is 11.5 Å². The van der Waals surface area contributed by atoms with Crippen molar-refractivity contribution < 1.29 is 23.8 Å². The van der Waals surface area contributed by atoms with Gasteiger partial charge in [-0.25, -0.2) is 4.79 Å². The third-order valence-corrected chi connectivity index (χ3v) is 3.82. The van der Waals surface area contributed by atoms with E-state index >= 15 is 0 Å². The first-order valence-electron chi connectivity index (χ1n) is 8.99. The summed E-state index contributed by atoms with van der Waals surface area (Å²) in [7, 11) is 0. The second-order valence-electron chi connectivity index (χ2n) is 5.91. The van der Waals surface area contributed by atoms with E-state index in [1.807, 2.05) is 32.9 Å². The Kier molecular flexibility index (Phi) is 7.67. The van der Waals surface area contributed by atoms with Crippen LogP contribution < -0.4 is 14.8 Å². The van der Waals surface area contributed by atoms with E-state index in [2.05, 4.69) is 5.32 Å². The van der Waals surface area contributed by atoms with E-state index in [9.17, 15) is 9.59 Å². The first-order valence-corrected chi connectivity index (χ1v) is 8.99. The Morgan fingerprint density at radius 3 is 2.37 bits per heavy atom. The summed E-state index contributed by atoms with van der Waals surface area (Å²) in [6.45, 7) is 6.00. The van der Waals surface area contributed by atoms with Crippen LogP contribution in [0.4, 0.5) is 5.69 Å². The number of nitrogens with one attached hydrogen (secondary N) is 1. The van der Waals surface area contributed by atoms with Crippen LogP contribution in [-0.4, -0.2) is 31.2 Å². The number of ether oxygens (including phenoxy) is 3. The summed E-state index contributed by atoms with van der Waals surface area (Å²) in [5.74, 6) is 0.430. The molecule has 1 atom stereocenters. The highest BCUT2D eigenvalue weighted by Crippen LogP contribution is 2.24. The molecule has 2 rings (SSSR count). The van der Waals surface area contributed by atoms with Gasteiger partial charge < -0.3 is 19.5 Å². The molecule has 0 saturated carbocycles. The van der Waals surface area contributed by atoms with Crippen LogP contribution >= 0.6 is 0 Å². The largest absolute Gasteiger partial charge is 0.492 e. The van der Waals surface area contributed by atoms with Crippen molar-refractivity contribution in [3.05, 3.63) is 54.1 Å². The van der Waals surface area contributed by atoms with Gasteiger partial charge >= 0.3 is 5.97 Å². The molecule has 0 aromatic heterocycles. The van der Waals surface area contributed by atoms with Crippen molar-refractivity contribution in [1.29, 1.82) is 0 Å². The fourth-order valence-corrected chi connectivity index (χ4v) is 2.23. The van der Waals surface area contributed by atoms with Crippen molar-refractivity contribution >= 4 is 17.6 Å². The topological polar surface area (TPSA) is 73.9 Å². The maximum absolute atomic E-state index is 12.4. The summed E-state index contributed by atoms with van der Waals surface area (Å²) in [4.78, 5) is 24.0. The van der Waals surface area contributed by atoms with Gasteiger partial charge in [-0.15, -0.1) is 0 Å². The van der Waals surface area contributed by atoms with Crippen LogP contribution in [-0.2, 0) is 9.53 Å². The van der Waals surface area contributed by atoms with Crippen molar-refractivity contribution in [2.75, 3.05) is 18.5 Å². The molecule has 0 radical (unpaired) electrons. The molecule has 6 heteroatoms. The molecule has 27 heavy (non-hydrogen) atoms. The lowest BCUT2D eigenvalue weighted by atomic mass is 10.2. The molecule has 0 heterocycles. The third kappa shape index (κ3) is 6.33. The quantitative estimate of drug-likeness (QED) is 0.673. The molecule has 0 aliphatic rings. The molecule has 6 nitrogen and oxygen atoms in total. The van der Waals surface area contributed by atoms with Gasteiger partial charge in [0, 0.05) is 5.56 Å². The number of hydrogen-bond acceptors (Lipinski definition) is 5. The molecule has 1 unspecified atom stereocenters.